The average molecular weight is 258 g/mol. The number of benzene rings is 1. The first-order valence-electron chi connectivity index (χ1n) is 6.65. The third kappa shape index (κ3) is 1.70. The second kappa shape index (κ2) is 3.90. The molecule has 3 rings (SSSR count). The maximum absolute atomic E-state index is 12.4. The Bertz CT molecular complexity index is 525. The van der Waals surface area contributed by atoms with E-state index in [1.54, 1.807) is 24.3 Å². The number of fused-ring (bicyclic) bond motifs is 1. The van der Waals surface area contributed by atoms with Crippen molar-refractivity contribution in [2.45, 2.75) is 38.9 Å². The quantitative estimate of drug-likeness (QED) is 0.724. The molecule has 1 aromatic rings. The van der Waals surface area contributed by atoms with Crippen molar-refractivity contribution in [2.24, 2.45) is 0 Å². The summed E-state index contributed by atoms with van der Waals surface area (Å²) in [5.74, 6) is -0.306. The smallest absolute Gasteiger partial charge is 0.262 e. The van der Waals surface area contributed by atoms with Crippen LogP contribution >= 0.6 is 0 Å². The van der Waals surface area contributed by atoms with Crippen LogP contribution in [-0.2, 0) is 0 Å². The van der Waals surface area contributed by atoms with E-state index in [2.05, 4.69) is 25.7 Å². The molecule has 0 aliphatic carbocycles. The van der Waals surface area contributed by atoms with Gasteiger partial charge in [-0.05, 0) is 39.3 Å². The summed E-state index contributed by atoms with van der Waals surface area (Å²) in [5.41, 5.74) is 1.04. The minimum Gasteiger partial charge on any atom is -0.278 e. The van der Waals surface area contributed by atoms with Crippen LogP contribution in [0.1, 0.15) is 47.9 Å². The lowest BCUT2D eigenvalue weighted by molar-refractivity contribution is -0.0608. The van der Waals surface area contributed by atoms with Crippen LogP contribution in [0.2, 0.25) is 0 Å². The predicted octanol–water partition coefficient (Wildman–Crippen LogP) is 2.11. The van der Waals surface area contributed by atoms with Crippen molar-refractivity contribution in [2.75, 3.05) is 6.54 Å². The third-order valence-electron chi connectivity index (χ3n) is 3.97. The summed E-state index contributed by atoms with van der Waals surface area (Å²) < 4.78 is 0. The van der Waals surface area contributed by atoms with Gasteiger partial charge in [-0.15, -0.1) is 0 Å². The van der Waals surface area contributed by atoms with Crippen LogP contribution < -0.4 is 0 Å². The van der Waals surface area contributed by atoms with E-state index in [1.165, 1.54) is 4.90 Å². The standard InChI is InChI=1S/C15H18N2O2/c1-15(2,3)16-9-8-12(16)17-13(18)10-6-4-5-7-11(10)14(17)19/h4-7,12H,8-9H2,1-3H3. The molecule has 1 saturated heterocycles. The summed E-state index contributed by atoms with van der Waals surface area (Å²) in [6.07, 6.45) is 0.773. The zero-order valence-electron chi connectivity index (χ0n) is 11.5. The first kappa shape index (κ1) is 12.4. The van der Waals surface area contributed by atoms with E-state index in [0.29, 0.717) is 11.1 Å². The van der Waals surface area contributed by atoms with Crippen molar-refractivity contribution < 1.29 is 9.59 Å². The fraction of sp³-hybridized carbons (Fsp3) is 0.467. The molecule has 0 bridgehead atoms. The average Bonchev–Trinajstić information content (AvgIpc) is 2.52. The van der Waals surface area contributed by atoms with E-state index < -0.39 is 0 Å². The highest BCUT2D eigenvalue weighted by atomic mass is 16.2. The molecule has 4 nitrogen and oxygen atoms in total. The van der Waals surface area contributed by atoms with Crippen LogP contribution in [0.4, 0.5) is 0 Å². The Balaban J connectivity index is 1.93. The zero-order chi connectivity index (χ0) is 13.8. The van der Waals surface area contributed by atoms with Gasteiger partial charge < -0.3 is 0 Å². The number of hydrogen-bond acceptors (Lipinski definition) is 3. The summed E-state index contributed by atoms with van der Waals surface area (Å²) in [6.45, 7) is 7.26. The van der Waals surface area contributed by atoms with E-state index >= 15 is 0 Å². The molecule has 1 atom stereocenters. The Morgan fingerprint density at radius 3 is 1.95 bits per heavy atom. The van der Waals surface area contributed by atoms with Crippen LogP contribution in [-0.4, -0.2) is 39.9 Å². The molecule has 2 aliphatic rings. The topological polar surface area (TPSA) is 40.6 Å². The Morgan fingerprint density at radius 2 is 1.58 bits per heavy atom. The predicted molar refractivity (Wildman–Crippen MR) is 71.8 cm³/mol. The van der Waals surface area contributed by atoms with Gasteiger partial charge >= 0.3 is 0 Å². The lowest BCUT2D eigenvalue weighted by Crippen LogP contribution is -2.64. The number of likely N-dealkylation sites (tertiary alicyclic amines) is 1. The molecule has 2 aliphatic heterocycles. The van der Waals surface area contributed by atoms with Gasteiger partial charge in [0.25, 0.3) is 11.8 Å². The van der Waals surface area contributed by atoms with Gasteiger partial charge in [0.15, 0.2) is 0 Å². The Kier molecular flexibility index (Phi) is 2.54. The van der Waals surface area contributed by atoms with Crippen LogP contribution in [0.15, 0.2) is 24.3 Å². The molecule has 2 heterocycles. The largest absolute Gasteiger partial charge is 0.278 e. The molecule has 19 heavy (non-hydrogen) atoms. The van der Waals surface area contributed by atoms with Crippen LogP contribution in [0, 0.1) is 0 Å². The maximum atomic E-state index is 12.4. The Morgan fingerprint density at radius 1 is 1.05 bits per heavy atom. The lowest BCUT2D eigenvalue weighted by Gasteiger charge is -2.51. The highest BCUT2D eigenvalue weighted by Crippen LogP contribution is 2.34. The highest BCUT2D eigenvalue weighted by Gasteiger charge is 2.47. The van der Waals surface area contributed by atoms with Gasteiger partial charge in [0.1, 0.15) is 0 Å². The normalized spacial score (nSPS) is 23.5. The van der Waals surface area contributed by atoms with Crippen LogP contribution in [0.25, 0.3) is 0 Å². The first-order valence-corrected chi connectivity index (χ1v) is 6.65. The van der Waals surface area contributed by atoms with E-state index in [4.69, 9.17) is 0 Å². The molecule has 1 fully saturated rings. The van der Waals surface area contributed by atoms with Crippen LogP contribution in [0.3, 0.4) is 0 Å². The highest BCUT2D eigenvalue weighted by molar-refractivity contribution is 6.21. The minimum atomic E-state index is -0.153. The van der Waals surface area contributed by atoms with Crippen molar-refractivity contribution >= 4 is 11.8 Å². The Labute approximate surface area is 113 Å². The van der Waals surface area contributed by atoms with E-state index in [1.807, 2.05) is 0 Å². The van der Waals surface area contributed by atoms with Gasteiger partial charge in [-0.1, -0.05) is 12.1 Å². The number of hydrogen-bond donors (Lipinski definition) is 0. The molecule has 1 unspecified atom stereocenters. The monoisotopic (exact) mass is 258 g/mol. The maximum Gasteiger partial charge on any atom is 0.262 e. The fourth-order valence-corrected chi connectivity index (χ4v) is 2.90. The van der Waals surface area contributed by atoms with Crippen molar-refractivity contribution in [3.05, 3.63) is 35.4 Å². The van der Waals surface area contributed by atoms with Gasteiger partial charge in [0.05, 0.1) is 17.3 Å². The number of rotatable bonds is 1. The Hall–Kier alpha value is -1.68. The molecule has 0 spiro atoms. The van der Waals surface area contributed by atoms with Gasteiger partial charge in [-0.25, -0.2) is 0 Å². The fourth-order valence-electron chi connectivity index (χ4n) is 2.90. The van der Waals surface area contributed by atoms with Crippen molar-refractivity contribution in [3.8, 4) is 0 Å². The summed E-state index contributed by atoms with van der Waals surface area (Å²) in [6, 6.07) is 7.07. The minimum absolute atomic E-state index is 0.0295. The lowest BCUT2D eigenvalue weighted by atomic mass is 9.97. The zero-order valence-corrected chi connectivity index (χ0v) is 11.5. The second-order valence-electron chi connectivity index (χ2n) is 6.16. The van der Waals surface area contributed by atoms with Crippen molar-refractivity contribution in [3.63, 3.8) is 0 Å². The molecule has 2 amide bonds. The first-order chi connectivity index (χ1) is 8.91. The summed E-state index contributed by atoms with van der Waals surface area (Å²) in [7, 11) is 0. The van der Waals surface area contributed by atoms with Gasteiger partial charge in [0, 0.05) is 12.1 Å². The van der Waals surface area contributed by atoms with E-state index in [9.17, 15) is 9.59 Å². The number of imide groups is 1. The van der Waals surface area contributed by atoms with E-state index in [0.717, 1.165) is 13.0 Å². The number of carbonyl (C=O) groups is 2. The SMILES string of the molecule is CC(C)(C)N1CCC1N1C(=O)c2ccccc2C1=O. The second-order valence-corrected chi connectivity index (χ2v) is 6.16. The third-order valence-corrected chi connectivity index (χ3v) is 3.97. The molecule has 100 valence electrons. The molecular weight excluding hydrogens is 240 g/mol. The van der Waals surface area contributed by atoms with Crippen LogP contribution in [0.5, 0.6) is 0 Å². The molecule has 0 aromatic heterocycles. The number of carbonyl (C=O) groups excluding carboxylic acids is 2. The van der Waals surface area contributed by atoms with Gasteiger partial charge in [0.2, 0.25) is 0 Å². The van der Waals surface area contributed by atoms with Crippen molar-refractivity contribution in [1.82, 2.24) is 9.80 Å². The van der Waals surface area contributed by atoms with Gasteiger partial charge in [-0.2, -0.15) is 0 Å². The van der Waals surface area contributed by atoms with E-state index in [-0.39, 0.29) is 23.5 Å². The molecule has 4 heteroatoms. The summed E-state index contributed by atoms with van der Waals surface area (Å²) >= 11 is 0. The molecule has 1 aromatic carbocycles. The summed E-state index contributed by atoms with van der Waals surface area (Å²) in [5, 5.41) is 0. The molecule has 0 N–H and O–H groups in total. The molecule has 0 radical (unpaired) electrons. The number of nitrogens with zero attached hydrogens (tertiary/aromatic N) is 2. The van der Waals surface area contributed by atoms with Crippen molar-refractivity contribution in [1.29, 1.82) is 0 Å². The molecule has 0 saturated carbocycles. The van der Waals surface area contributed by atoms with Gasteiger partial charge in [-0.3, -0.25) is 19.4 Å². The molecular formula is C15H18N2O2. The summed E-state index contributed by atoms with van der Waals surface area (Å²) in [4.78, 5) is 28.4. The number of amides is 2.